The number of hydrogen-bond donors (Lipinski definition) is 7. The molecule has 1 rings (SSSR count). The number of phenols is 1. The van der Waals surface area contributed by atoms with Crippen LogP contribution < -0.4 is 33.2 Å². The minimum atomic E-state index is -1.21. The summed E-state index contributed by atoms with van der Waals surface area (Å²) in [7, 11) is 0. The molecular weight excluding hydrogens is 849 g/mol. The number of amides is 4. The first kappa shape index (κ1) is 60.8. The number of aromatic hydroxyl groups is 1. The number of rotatable bonds is 43. The molecule has 382 valence electrons. The lowest BCUT2D eigenvalue weighted by Crippen LogP contribution is -2.48. The van der Waals surface area contributed by atoms with Gasteiger partial charge in [0.15, 0.2) is 17.3 Å². The van der Waals surface area contributed by atoms with Gasteiger partial charge in [-0.15, -0.1) is 0 Å². The third kappa shape index (κ3) is 30.8. The Labute approximate surface area is 403 Å². The van der Waals surface area contributed by atoms with Crippen LogP contribution in [0.4, 0.5) is 0 Å². The summed E-state index contributed by atoms with van der Waals surface area (Å²) in [5, 5.41) is 18.3. The van der Waals surface area contributed by atoms with Crippen LogP contribution in [0.25, 0.3) is 0 Å². The number of phenolic OH excluding ortho intramolecular Hbond substituents is 1. The van der Waals surface area contributed by atoms with Crippen LogP contribution in [0.3, 0.4) is 0 Å². The average Bonchev–Trinajstić information content (AvgIpc) is 3.27. The Morgan fingerprint density at radius 1 is 0.582 bits per heavy atom. The molecular formula is C53H92N6O8. The van der Waals surface area contributed by atoms with Gasteiger partial charge >= 0.3 is 0 Å². The normalized spacial score (nSPS) is 13.6. The molecule has 0 aliphatic heterocycles. The molecule has 67 heavy (non-hydrogen) atoms. The van der Waals surface area contributed by atoms with Crippen molar-refractivity contribution in [2.24, 2.45) is 40.9 Å². The summed E-state index contributed by atoms with van der Waals surface area (Å²) in [4.78, 5) is 93.9. The zero-order valence-electron chi connectivity index (χ0n) is 42.0. The van der Waals surface area contributed by atoms with Gasteiger partial charge in [-0.05, 0) is 100 Å². The summed E-state index contributed by atoms with van der Waals surface area (Å²) in [5.41, 5.74) is 17.7. The van der Waals surface area contributed by atoms with E-state index in [-0.39, 0.29) is 67.8 Å². The van der Waals surface area contributed by atoms with Crippen molar-refractivity contribution < 1.29 is 38.7 Å². The first-order valence-electron chi connectivity index (χ1n) is 26.0. The number of nitrogens with one attached hydrogen (secondary N) is 3. The van der Waals surface area contributed by atoms with E-state index in [1.807, 2.05) is 6.92 Å². The predicted octanol–water partition coefficient (Wildman–Crippen LogP) is 7.82. The monoisotopic (exact) mass is 941 g/mol. The number of unbranched alkanes of at least 4 members (excludes halogenated alkanes) is 14. The van der Waals surface area contributed by atoms with E-state index in [1.165, 1.54) is 69.9 Å². The first-order chi connectivity index (χ1) is 32.1. The van der Waals surface area contributed by atoms with E-state index in [1.54, 1.807) is 12.1 Å². The lowest BCUT2D eigenvalue weighted by Gasteiger charge is -2.26. The summed E-state index contributed by atoms with van der Waals surface area (Å²) >= 11 is 0. The first-order valence-corrected chi connectivity index (χ1v) is 26.0. The number of hydrogen-bond acceptors (Lipinski definition) is 10. The molecule has 0 radical (unpaired) electrons. The molecule has 0 saturated carbocycles. The van der Waals surface area contributed by atoms with E-state index < -0.39 is 47.4 Å². The number of carbonyl (C=O) groups is 7. The second kappa shape index (κ2) is 37.8. The number of primary amides is 1. The van der Waals surface area contributed by atoms with Gasteiger partial charge in [-0.1, -0.05) is 123 Å². The highest BCUT2D eigenvalue weighted by Crippen LogP contribution is 2.22. The van der Waals surface area contributed by atoms with Crippen molar-refractivity contribution in [3.63, 3.8) is 0 Å². The van der Waals surface area contributed by atoms with E-state index >= 15 is 0 Å². The van der Waals surface area contributed by atoms with Crippen molar-refractivity contribution in [1.82, 2.24) is 16.0 Å². The summed E-state index contributed by atoms with van der Waals surface area (Å²) in [6.07, 6.45) is 19.4. The van der Waals surface area contributed by atoms with Crippen molar-refractivity contribution in [3.8, 4) is 5.75 Å². The second-order valence-electron chi connectivity index (χ2n) is 19.5. The predicted molar refractivity (Wildman–Crippen MR) is 268 cm³/mol. The Kier molecular flexibility index (Phi) is 34.3. The maximum atomic E-state index is 14.2. The van der Waals surface area contributed by atoms with Crippen LogP contribution in [0.1, 0.15) is 200 Å². The molecule has 10 N–H and O–H groups in total. The van der Waals surface area contributed by atoms with E-state index in [0.29, 0.717) is 75.9 Å². The number of ketones is 3. The average molecular weight is 941 g/mol. The smallest absolute Gasteiger partial charge is 0.224 e. The van der Waals surface area contributed by atoms with Crippen LogP contribution >= 0.6 is 0 Å². The second-order valence-corrected chi connectivity index (χ2v) is 19.5. The fourth-order valence-electron chi connectivity index (χ4n) is 8.72. The molecule has 0 bridgehead atoms. The molecule has 0 fully saturated rings. The molecule has 4 amide bonds. The third-order valence-corrected chi connectivity index (χ3v) is 12.5. The molecule has 0 aliphatic carbocycles. The van der Waals surface area contributed by atoms with Crippen LogP contribution in [0.2, 0.25) is 0 Å². The highest BCUT2D eigenvalue weighted by Gasteiger charge is 2.32. The Morgan fingerprint density at radius 3 is 1.63 bits per heavy atom. The largest absolute Gasteiger partial charge is 0.508 e. The Bertz CT molecular complexity index is 1570. The molecule has 1 aromatic rings. The van der Waals surface area contributed by atoms with Crippen LogP contribution in [-0.4, -0.2) is 77.8 Å². The van der Waals surface area contributed by atoms with Crippen molar-refractivity contribution >= 4 is 41.0 Å². The Balaban J connectivity index is 3.05. The van der Waals surface area contributed by atoms with Crippen molar-refractivity contribution in [3.05, 3.63) is 29.8 Å². The van der Waals surface area contributed by atoms with Crippen molar-refractivity contribution in [2.45, 2.75) is 213 Å². The summed E-state index contributed by atoms with van der Waals surface area (Å²) < 4.78 is 0. The molecule has 14 heteroatoms. The van der Waals surface area contributed by atoms with E-state index in [4.69, 9.17) is 17.2 Å². The summed E-state index contributed by atoms with van der Waals surface area (Å²) in [5.74, 6) is -4.15. The van der Waals surface area contributed by atoms with Crippen molar-refractivity contribution in [1.29, 1.82) is 0 Å². The van der Waals surface area contributed by atoms with Gasteiger partial charge in [0.1, 0.15) is 5.75 Å². The van der Waals surface area contributed by atoms with Gasteiger partial charge in [-0.3, -0.25) is 33.6 Å². The lowest BCUT2D eigenvalue weighted by molar-refractivity contribution is -0.135. The van der Waals surface area contributed by atoms with Gasteiger partial charge < -0.3 is 38.3 Å². The molecule has 0 saturated heterocycles. The number of nitrogens with two attached hydrogens (primary N) is 3. The van der Waals surface area contributed by atoms with E-state index in [0.717, 1.165) is 32.1 Å². The minimum Gasteiger partial charge on any atom is -0.508 e. The zero-order valence-corrected chi connectivity index (χ0v) is 42.0. The maximum Gasteiger partial charge on any atom is 0.224 e. The molecule has 1 aromatic carbocycles. The number of carbonyl (C=O) groups excluding carboxylic acids is 7. The molecule has 14 nitrogen and oxygen atoms in total. The highest BCUT2D eigenvalue weighted by molar-refractivity contribution is 5.96. The summed E-state index contributed by atoms with van der Waals surface area (Å²) in [6.45, 7) is 9.04. The lowest BCUT2D eigenvalue weighted by atomic mass is 9.88. The molecule has 0 unspecified atom stereocenters. The quantitative estimate of drug-likeness (QED) is 0.0313. The fourth-order valence-corrected chi connectivity index (χ4v) is 8.72. The molecule has 0 aliphatic rings. The van der Waals surface area contributed by atoms with Crippen molar-refractivity contribution in [2.75, 3.05) is 19.6 Å². The van der Waals surface area contributed by atoms with Gasteiger partial charge in [0.2, 0.25) is 23.6 Å². The molecule has 0 spiro atoms. The molecule has 5 atom stereocenters. The van der Waals surface area contributed by atoms with E-state index in [2.05, 4.69) is 36.7 Å². The van der Waals surface area contributed by atoms with Crippen LogP contribution in [0, 0.1) is 23.7 Å². The Morgan fingerprint density at radius 2 is 1.09 bits per heavy atom. The topological polar surface area (TPSA) is 254 Å². The number of benzene rings is 1. The summed E-state index contributed by atoms with van der Waals surface area (Å²) in [6, 6.07) is 4.27. The standard InChI is InChI=1S/C53H92N6O8/c1-5-6-7-8-9-10-11-12-13-14-15-16-17-24-51(65)57-38-45(61)36-43(35-41-25-27-44(60)28-26-41)53(67)59-47(29-30-50(56)64)49(63)37-42(22-18-20-31-54)52(66)58-46(23-19-21-32-55)48(62)34-40(4)33-39(2)3/h25-28,39-40,42-43,46-47,60H,5-24,29-38,54-55H2,1-4H3,(H2,56,64)(H,57,65)(H,58,66)(H,59,67)/t40-,42-,43-,46+,47+/m1/s1. The minimum absolute atomic E-state index is 0.0288. The fraction of sp³-hybridized carbons (Fsp3) is 0.755. The van der Waals surface area contributed by atoms with Gasteiger partial charge in [-0.2, -0.15) is 0 Å². The molecule has 0 heterocycles. The van der Waals surface area contributed by atoms with Gasteiger partial charge in [0.25, 0.3) is 0 Å². The number of Topliss-reactive ketones (excluding diaryl/α,β-unsaturated/α-hetero) is 3. The van der Waals surface area contributed by atoms with Gasteiger partial charge in [0, 0.05) is 43.9 Å². The van der Waals surface area contributed by atoms with Crippen LogP contribution in [0.15, 0.2) is 24.3 Å². The van der Waals surface area contributed by atoms with Crippen LogP contribution in [-0.2, 0) is 40.0 Å². The van der Waals surface area contributed by atoms with E-state index in [9.17, 15) is 38.7 Å². The van der Waals surface area contributed by atoms with Gasteiger partial charge in [0.05, 0.1) is 18.6 Å². The SMILES string of the molecule is CCCCCCCCCCCCCCCC(=O)NCC(=O)C[C@@H](Cc1ccc(O)cc1)C(=O)N[C@@H](CCC(N)=O)C(=O)C[C@@H](CCCCN)C(=O)N[C@@H](CCCCN)C(=O)C[C@H](C)CC(C)C. The third-order valence-electron chi connectivity index (χ3n) is 12.5. The Hall–Kier alpha value is -4.17. The van der Waals surface area contributed by atoms with Crippen LogP contribution in [0.5, 0.6) is 5.75 Å². The highest BCUT2D eigenvalue weighted by atomic mass is 16.3. The molecule has 0 aromatic heterocycles. The maximum absolute atomic E-state index is 14.2. The zero-order chi connectivity index (χ0) is 49.8. The van der Waals surface area contributed by atoms with Gasteiger partial charge in [-0.25, -0.2) is 0 Å².